The van der Waals surface area contributed by atoms with Crippen LogP contribution in [0.25, 0.3) is 0 Å². The minimum absolute atomic E-state index is 0.802. The van der Waals surface area contributed by atoms with Gasteiger partial charge in [-0.15, -0.1) is 23.5 Å². The molecule has 0 aliphatic heterocycles. The van der Waals surface area contributed by atoms with Crippen LogP contribution >= 0.6 is 48.0 Å². The third-order valence-corrected chi connectivity index (χ3v) is 4.12. The Morgan fingerprint density at radius 2 is 1.50 bits per heavy atom. The number of rotatable bonds is 2. The fraction of sp³-hybridized carbons (Fsp3) is 0.222. The molecule has 0 radical (unpaired) electrons. The summed E-state index contributed by atoms with van der Waals surface area (Å²) < 4.78 is 1.60. The number of thiocarbonyl (C=S) groups is 2. The van der Waals surface area contributed by atoms with Gasteiger partial charge in [0.2, 0.25) is 0 Å². The maximum atomic E-state index is 5.15. The van der Waals surface area contributed by atoms with Gasteiger partial charge in [-0.3, -0.25) is 0 Å². The van der Waals surface area contributed by atoms with Crippen molar-refractivity contribution in [3.63, 3.8) is 0 Å². The summed E-state index contributed by atoms with van der Waals surface area (Å²) in [6, 6.07) is 5.75. The van der Waals surface area contributed by atoms with E-state index in [2.05, 4.69) is 4.98 Å². The van der Waals surface area contributed by atoms with E-state index in [1.165, 1.54) is 23.5 Å². The first-order chi connectivity index (χ1) is 6.69. The molecule has 0 spiro atoms. The average molecular weight is 259 g/mol. The molecule has 0 atom stereocenters. The van der Waals surface area contributed by atoms with Crippen LogP contribution in [0.15, 0.2) is 18.2 Å². The van der Waals surface area contributed by atoms with Gasteiger partial charge in [0.05, 0.1) is 19.8 Å². The number of hydrogen-bond acceptors (Lipinski definition) is 5. The van der Waals surface area contributed by atoms with Crippen molar-refractivity contribution >= 4 is 56.4 Å². The largest absolute Gasteiger partial charge is 0.245 e. The van der Waals surface area contributed by atoms with Crippen LogP contribution in [-0.4, -0.2) is 25.9 Å². The highest BCUT2D eigenvalue weighted by molar-refractivity contribution is 8.23. The van der Waals surface area contributed by atoms with Gasteiger partial charge in [-0.2, -0.15) is 0 Å². The lowest BCUT2D eigenvalue weighted by Crippen LogP contribution is -2.01. The van der Waals surface area contributed by atoms with Gasteiger partial charge in [0.15, 0.2) is 0 Å². The van der Waals surface area contributed by atoms with E-state index in [9.17, 15) is 0 Å². The Hall–Kier alpha value is 0.0300. The van der Waals surface area contributed by atoms with Crippen LogP contribution in [0.3, 0.4) is 0 Å². The van der Waals surface area contributed by atoms with Crippen LogP contribution < -0.4 is 0 Å². The zero-order valence-corrected chi connectivity index (χ0v) is 11.1. The molecule has 1 aromatic heterocycles. The highest BCUT2D eigenvalue weighted by Gasteiger charge is 2.05. The second-order valence-corrected chi connectivity index (χ2v) is 5.36. The second kappa shape index (κ2) is 5.80. The van der Waals surface area contributed by atoms with Gasteiger partial charge in [-0.1, -0.05) is 30.5 Å². The third kappa shape index (κ3) is 3.02. The SMILES string of the molecule is CSC(=S)c1cccc(C(=S)SC)n1. The summed E-state index contributed by atoms with van der Waals surface area (Å²) in [6.45, 7) is 0. The molecule has 5 heteroatoms. The summed E-state index contributed by atoms with van der Waals surface area (Å²) in [5.74, 6) is 0. The van der Waals surface area contributed by atoms with Gasteiger partial charge < -0.3 is 0 Å². The summed E-state index contributed by atoms with van der Waals surface area (Å²) in [5.41, 5.74) is 1.67. The molecule has 1 heterocycles. The van der Waals surface area contributed by atoms with Crippen LogP contribution in [-0.2, 0) is 0 Å². The van der Waals surface area contributed by atoms with Crippen LogP contribution in [0.4, 0.5) is 0 Å². The maximum Gasteiger partial charge on any atom is 0.0960 e. The van der Waals surface area contributed by atoms with Crippen molar-refractivity contribution in [1.29, 1.82) is 0 Å². The van der Waals surface area contributed by atoms with E-state index in [0.29, 0.717) is 0 Å². The van der Waals surface area contributed by atoms with Crippen LogP contribution in [0.1, 0.15) is 11.4 Å². The van der Waals surface area contributed by atoms with Crippen molar-refractivity contribution in [2.24, 2.45) is 0 Å². The fourth-order valence-electron chi connectivity index (χ4n) is 0.871. The van der Waals surface area contributed by atoms with E-state index >= 15 is 0 Å². The van der Waals surface area contributed by atoms with E-state index < -0.39 is 0 Å². The minimum atomic E-state index is 0.802. The monoisotopic (exact) mass is 259 g/mol. The predicted octanol–water partition coefficient (Wildman–Crippen LogP) is 3.16. The smallest absolute Gasteiger partial charge is 0.0960 e. The minimum Gasteiger partial charge on any atom is -0.245 e. The average Bonchev–Trinajstić information content (AvgIpc) is 2.27. The van der Waals surface area contributed by atoms with Gasteiger partial charge in [0.25, 0.3) is 0 Å². The maximum absolute atomic E-state index is 5.15. The second-order valence-electron chi connectivity index (χ2n) is 2.39. The number of hydrogen-bond donors (Lipinski definition) is 0. The Morgan fingerprint density at radius 1 is 1.07 bits per heavy atom. The molecule has 0 aliphatic carbocycles. The number of aromatic nitrogens is 1. The topological polar surface area (TPSA) is 12.9 Å². The molecule has 0 saturated heterocycles. The number of nitrogens with zero attached hydrogens (tertiary/aromatic N) is 1. The summed E-state index contributed by atoms with van der Waals surface area (Å²) in [7, 11) is 0. The molecule has 1 nitrogen and oxygen atoms in total. The van der Waals surface area contributed by atoms with Crippen LogP contribution in [0.5, 0.6) is 0 Å². The molecular formula is C9H9NS4. The van der Waals surface area contributed by atoms with Gasteiger partial charge >= 0.3 is 0 Å². The molecule has 1 rings (SSSR count). The quantitative estimate of drug-likeness (QED) is 0.754. The van der Waals surface area contributed by atoms with Crippen LogP contribution in [0.2, 0.25) is 0 Å². The first-order valence-corrected chi connectivity index (χ1v) is 7.09. The zero-order chi connectivity index (χ0) is 10.6. The van der Waals surface area contributed by atoms with E-state index in [4.69, 9.17) is 24.4 Å². The number of thioether (sulfide) groups is 2. The first kappa shape index (κ1) is 12.1. The Morgan fingerprint density at radius 3 is 1.86 bits per heavy atom. The van der Waals surface area contributed by atoms with Crippen molar-refractivity contribution in [1.82, 2.24) is 4.98 Å². The molecule has 1 aromatic rings. The van der Waals surface area contributed by atoms with E-state index in [1.54, 1.807) is 0 Å². The van der Waals surface area contributed by atoms with Crippen molar-refractivity contribution in [3.8, 4) is 0 Å². The van der Waals surface area contributed by atoms with Crippen molar-refractivity contribution in [2.75, 3.05) is 12.5 Å². The summed E-state index contributed by atoms with van der Waals surface area (Å²) in [6.07, 6.45) is 3.90. The molecule has 0 saturated carbocycles. The molecule has 0 unspecified atom stereocenters. The molecule has 0 bridgehead atoms. The summed E-state index contributed by atoms with van der Waals surface area (Å²) in [4.78, 5) is 4.39. The fourth-order valence-corrected chi connectivity index (χ4v) is 1.74. The molecule has 0 fully saturated rings. The van der Waals surface area contributed by atoms with Gasteiger partial charge in [-0.25, -0.2) is 4.98 Å². The summed E-state index contributed by atoms with van der Waals surface area (Å²) >= 11 is 13.4. The lowest BCUT2D eigenvalue weighted by atomic mass is 10.3. The normalized spacial score (nSPS) is 9.86. The first-order valence-electron chi connectivity index (χ1n) is 3.82. The van der Waals surface area contributed by atoms with Gasteiger partial charge in [0, 0.05) is 0 Å². The van der Waals surface area contributed by atoms with E-state index in [1.807, 2.05) is 30.7 Å². The predicted molar refractivity (Wildman–Crippen MR) is 74.7 cm³/mol. The Kier molecular flexibility index (Phi) is 5.01. The number of pyridine rings is 1. The van der Waals surface area contributed by atoms with Crippen molar-refractivity contribution in [3.05, 3.63) is 29.6 Å². The van der Waals surface area contributed by atoms with Crippen LogP contribution in [0, 0.1) is 0 Å². The molecule has 0 aliphatic rings. The Balaban J connectivity index is 3.01. The lowest BCUT2D eigenvalue weighted by Gasteiger charge is -2.03. The Labute approximate surface area is 103 Å². The molecule has 14 heavy (non-hydrogen) atoms. The molecule has 0 N–H and O–H groups in total. The zero-order valence-electron chi connectivity index (χ0n) is 7.81. The molecule has 0 aromatic carbocycles. The van der Waals surface area contributed by atoms with Gasteiger partial charge in [0.1, 0.15) is 0 Å². The highest BCUT2D eigenvalue weighted by Crippen LogP contribution is 2.13. The molecular weight excluding hydrogens is 250 g/mol. The van der Waals surface area contributed by atoms with E-state index in [-0.39, 0.29) is 0 Å². The van der Waals surface area contributed by atoms with Crippen molar-refractivity contribution in [2.45, 2.75) is 0 Å². The Bertz CT molecular complexity index is 330. The van der Waals surface area contributed by atoms with Gasteiger partial charge in [-0.05, 0) is 24.6 Å². The molecule has 0 amide bonds. The molecule has 74 valence electrons. The van der Waals surface area contributed by atoms with Crippen molar-refractivity contribution < 1.29 is 0 Å². The van der Waals surface area contributed by atoms with E-state index in [0.717, 1.165) is 19.8 Å². The summed E-state index contributed by atoms with van der Waals surface area (Å²) in [5, 5.41) is 0. The third-order valence-electron chi connectivity index (χ3n) is 1.54. The highest BCUT2D eigenvalue weighted by atomic mass is 32.2. The lowest BCUT2D eigenvalue weighted by molar-refractivity contribution is 1.29. The standard InChI is InChI=1S/C9H9NS4/c1-13-8(11)6-4-3-5-7(10-6)9(12)14-2/h3-5H,1-2H3.